The van der Waals surface area contributed by atoms with E-state index in [0.717, 1.165) is 13.1 Å². The van der Waals surface area contributed by atoms with Gasteiger partial charge in [-0.25, -0.2) is 5.43 Å². The second-order valence-corrected chi connectivity index (χ2v) is 8.03. The van der Waals surface area contributed by atoms with E-state index in [2.05, 4.69) is 35.7 Å². The van der Waals surface area contributed by atoms with Gasteiger partial charge in [0.05, 0.1) is 23.2 Å². The minimum absolute atomic E-state index is 0.0346. The highest BCUT2D eigenvalue weighted by Crippen LogP contribution is 2.29. The molecular formula is C22H24N10O5. The van der Waals surface area contributed by atoms with Crippen LogP contribution >= 0.6 is 0 Å². The summed E-state index contributed by atoms with van der Waals surface area (Å²) in [6.07, 6.45) is 1.37. The van der Waals surface area contributed by atoms with Gasteiger partial charge in [0.15, 0.2) is 0 Å². The molecule has 3 aromatic rings. The third-order valence-corrected chi connectivity index (χ3v) is 5.54. The number of piperazine rings is 1. The third kappa shape index (κ3) is 6.21. The van der Waals surface area contributed by atoms with Crippen molar-refractivity contribution in [3.63, 3.8) is 0 Å². The molecule has 0 aliphatic carbocycles. The molecule has 15 heteroatoms. The molecule has 0 spiro atoms. The SMILES string of the molecule is COc1c(/C=N/Nc2nc(Nc3ccc([N+](=O)[O-])cc3)nc(N3CCN(C)CC3)n2)cccc1[N+](=O)[O-]. The summed E-state index contributed by atoms with van der Waals surface area (Å²) in [7, 11) is 3.38. The molecule has 2 aromatic carbocycles. The maximum absolute atomic E-state index is 11.3. The molecule has 2 heterocycles. The zero-order chi connectivity index (χ0) is 26.4. The molecule has 192 valence electrons. The van der Waals surface area contributed by atoms with Crippen molar-refractivity contribution in [3.05, 3.63) is 68.3 Å². The fraction of sp³-hybridized carbons (Fsp3) is 0.273. The number of nitro benzene ring substituents is 2. The molecule has 1 saturated heterocycles. The lowest BCUT2D eigenvalue weighted by molar-refractivity contribution is -0.385. The van der Waals surface area contributed by atoms with E-state index >= 15 is 0 Å². The normalized spacial score (nSPS) is 13.9. The molecule has 0 saturated carbocycles. The van der Waals surface area contributed by atoms with Gasteiger partial charge in [-0.2, -0.15) is 20.1 Å². The van der Waals surface area contributed by atoms with Crippen LogP contribution in [0, 0.1) is 20.2 Å². The highest BCUT2D eigenvalue weighted by molar-refractivity contribution is 5.86. The summed E-state index contributed by atoms with van der Waals surface area (Å²) >= 11 is 0. The number of hydrazone groups is 1. The number of likely N-dealkylation sites (N-methyl/N-ethyl adjacent to an activating group) is 1. The van der Waals surface area contributed by atoms with Crippen molar-refractivity contribution in [1.29, 1.82) is 0 Å². The minimum atomic E-state index is -0.534. The number of para-hydroxylation sites is 1. The topological polar surface area (TPSA) is 177 Å². The van der Waals surface area contributed by atoms with Crippen molar-refractivity contribution >= 4 is 41.1 Å². The van der Waals surface area contributed by atoms with Gasteiger partial charge in [-0.1, -0.05) is 6.07 Å². The Kier molecular flexibility index (Phi) is 7.63. The molecule has 0 radical (unpaired) electrons. The lowest BCUT2D eigenvalue weighted by Gasteiger charge is -2.32. The van der Waals surface area contributed by atoms with Crippen LogP contribution in [0.5, 0.6) is 5.75 Å². The Morgan fingerprint density at radius 1 is 0.973 bits per heavy atom. The first-order chi connectivity index (χ1) is 17.8. The van der Waals surface area contributed by atoms with Gasteiger partial charge in [0, 0.05) is 55.6 Å². The van der Waals surface area contributed by atoms with E-state index in [1.807, 2.05) is 11.9 Å². The van der Waals surface area contributed by atoms with E-state index in [0.29, 0.717) is 30.3 Å². The van der Waals surface area contributed by atoms with Gasteiger partial charge in [-0.3, -0.25) is 20.2 Å². The van der Waals surface area contributed by atoms with E-state index < -0.39 is 9.85 Å². The van der Waals surface area contributed by atoms with Gasteiger partial charge in [-0.15, -0.1) is 0 Å². The van der Waals surface area contributed by atoms with E-state index in [4.69, 9.17) is 4.74 Å². The van der Waals surface area contributed by atoms with Crippen molar-refractivity contribution < 1.29 is 14.6 Å². The number of aromatic nitrogens is 3. The van der Waals surface area contributed by atoms with Crippen LogP contribution in [-0.4, -0.2) is 76.2 Å². The molecular weight excluding hydrogens is 484 g/mol. The summed E-state index contributed by atoms with van der Waals surface area (Å²) in [4.78, 5) is 38.7. The molecule has 0 unspecified atom stereocenters. The van der Waals surface area contributed by atoms with Crippen molar-refractivity contribution in [1.82, 2.24) is 19.9 Å². The Bertz CT molecular complexity index is 1310. The zero-order valence-corrected chi connectivity index (χ0v) is 20.1. The number of anilines is 4. The van der Waals surface area contributed by atoms with E-state index in [1.165, 1.54) is 37.6 Å². The van der Waals surface area contributed by atoms with Crippen molar-refractivity contribution in [2.45, 2.75) is 0 Å². The van der Waals surface area contributed by atoms with Crippen LogP contribution in [0.4, 0.5) is 34.9 Å². The maximum atomic E-state index is 11.3. The first-order valence-corrected chi connectivity index (χ1v) is 11.2. The molecule has 0 amide bonds. The van der Waals surface area contributed by atoms with E-state index in [9.17, 15) is 20.2 Å². The van der Waals surface area contributed by atoms with Crippen LogP contribution in [0.2, 0.25) is 0 Å². The summed E-state index contributed by atoms with van der Waals surface area (Å²) in [6, 6.07) is 10.4. The van der Waals surface area contributed by atoms with Gasteiger partial charge in [0.25, 0.3) is 5.69 Å². The predicted octanol–water partition coefficient (Wildman–Crippen LogP) is 2.64. The summed E-state index contributed by atoms with van der Waals surface area (Å²) in [5.74, 6) is 0.850. The fourth-order valence-corrected chi connectivity index (χ4v) is 3.58. The highest BCUT2D eigenvalue weighted by atomic mass is 16.6. The first-order valence-electron chi connectivity index (χ1n) is 11.2. The molecule has 37 heavy (non-hydrogen) atoms. The third-order valence-electron chi connectivity index (χ3n) is 5.54. The number of hydrogen-bond acceptors (Lipinski definition) is 13. The molecule has 0 bridgehead atoms. The van der Waals surface area contributed by atoms with Gasteiger partial charge in [0.2, 0.25) is 23.6 Å². The molecule has 4 rings (SSSR count). The molecule has 0 atom stereocenters. The number of benzene rings is 2. The number of nitro groups is 2. The van der Waals surface area contributed by atoms with Crippen LogP contribution in [0.1, 0.15) is 5.56 Å². The molecule has 1 fully saturated rings. The number of ether oxygens (including phenoxy) is 1. The second-order valence-electron chi connectivity index (χ2n) is 8.03. The molecule has 1 aliphatic heterocycles. The van der Waals surface area contributed by atoms with E-state index in [-0.39, 0.29) is 29.0 Å². The van der Waals surface area contributed by atoms with Crippen LogP contribution in [0.3, 0.4) is 0 Å². The van der Waals surface area contributed by atoms with Crippen LogP contribution in [-0.2, 0) is 0 Å². The van der Waals surface area contributed by atoms with Gasteiger partial charge in [-0.05, 0) is 25.2 Å². The summed E-state index contributed by atoms with van der Waals surface area (Å²) < 4.78 is 5.19. The van der Waals surface area contributed by atoms with Gasteiger partial charge in [0.1, 0.15) is 0 Å². The number of rotatable bonds is 9. The van der Waals surface area contributed by atoms with Crippen molar-refractivity contribution in [2.24, 2.45) is 5.10 Å². The number of non-ortho nitro benzene ring substituents is 1. The van der Waals surface area contributed by atoms with Crippen molar-refractivity contribution in [2.75, 3.05) is 56.0 Å². The first kappa shape index (κ1) is 25.2. The number of hydrogen-bond donors (Lipinski definition) is 2. The Morgan fingerprint density at radius 3 is 2.32 bits per heavy atom. The van der Waals surface area contributed by atoms with Crippen LogP contribution in [0.25, 0.3) is 0 Å². The number of nitrogens with zero attached hydrogens (tertiary/aromatic N) is 8. The smallest absolute Gasteiger partial charge is 0.311 e. The molecule has 1 aliphatic rings. The van der Waals surface area contributed by atoms with Gasteiger partial charge >= 0.3 is 5.69 Å². The number of nitrogens with one attached hydrogen (secondary N) is 2. The Hall–Kier alpha value is -4.92. The predicted molar refractivity (Wildman–Crippen MR) is 137 cm³/mol. The van der Waals surface area contributed by atoms with Crippen molar-refractivity contribution in [3.8, 4) is 5.75 Å². The van der Waals surface area contributed by atoms with Crippen LogP contribution < -0.4 is 20.4 Å². The highest BCUT2D eigenvalue weighted by Gasteiger charge is 2.19. The second kappa shape index (κ2) is 11.2. The maximum Gasteiger partial charge on any atom is 0.311 e. The monoisotopic (exact) mass is 508 g/mol. The Labute approximate surface area is 211 Å². The Balaban J connectivity index is 1.59. The zero-order valence-electron chi connectivity index (χ0n) is 20.1. The standard InChI is InChI=1S/C22H24N10O5/c1-29-10-12-30(13-11-29)22-26-20(24-16-6-8-17(9-7-16)31(33)34)25-21(27-22)28-23-14-15-4-3-5-18(32(35)36)19(15)37-2/h3-9,14H,10-13H2,1-2H3,(H2,24,25,26,27,28)/b23-14+. The summed E-state index contributed by atoms with van der Waals surface area (Å²) in [5.41, 5.74) is 3.47. The quantitative estimate of drug-likeness (QED) is 0.246. The molecule has 15 nitrogen and oxygen atoms in total. The molecule has 2 N–H and O–H groups in total. The lowest BCUT2D eigenvalue weighted by atomic mass is 10.2. The average molecular weight is 508 g/mol. The molecule has 1 aromatic heterocycles. The summed E-state index contributed by atoms with van der Waals surface area (Å²) in [5, 5.41) is 29.4. The Morgan fingerprint density at radius 2 is 1.68 bits per heavy atom. The lowest BCUT2D eigenvalue weighted by Crippen LogP contribution is -2.45. The minimum Gasteiger partial charge on any atom is -0.490 e. The summed E-state index contributed by atoms with van der Waals surface area (Å²) in [6.45, 7) is 3.10. The largest absolute Gasteiger partial charge is 0.490 e. The van der Waals surface area contributed by atoms with E-state index in [1.54, 1.807) is 18.2 Å². The number of methoxy groups -OCH3 is 1. The fourth-order valence-electron chi connectivity index (χ4n) is 3.58. The van der Waals surface area contributed by atoms with Gasteiger partial charge < -0.3 is 19.9 Å². The average Bonchev–Trinajstić information content (AvgIpc) is 2.89. The van der Waals surface area contributed by atoms with Crippen LogP contribution in [0.15, 0.2) is 47.6 Å².